The molecule has 1 heterocycles. The lowest BCUT2D eigenvalue weighted by atomic mass is 10.1. The molecule has 14 heteroatoms. The largest absolute Gasteiger partial charge is 0.479 e. The molecule has 0 bridgehead atoms. The molecule has 1 unspecified atom stereocenters. The standard InChI is InChI=1S/C22H17ClF2N4O6S/c1-35-20(32)12-8-13(24)14(25)9-15(12)28-21(33)26-10-2-4-11(5-3-10)27-22(34)29-18(19(30)31)16-6-7-17(23)36-16/h2-9,18H,1H3,(H,30,31)(H2,26,28,33)(H2,27,29,34). The van der Waals surface area contributed by atoms with Crippen LogP contribution in [0.5, 0.6) is 0 Å². The van der Waals surface area contributed by atoms with Gasteiger partial charge in [-0.15, -0.1) is 11.3 Å². The van der Waals surface area contributed by atoms with E-state index in [-0.39, 0.29) is 22.6 Å². The molecule has 1 atom stereocenters. The molecule has 0 aliphatic carbocycles. The fraction of sp³-hybridized carbons (Fsp3) is 0.0909. The third kappa shape index (κ3) is 6.67. The van der Waals surface area contributed by atoms with Gasteiger partial charge in [-0.25, -0.2) is 28.0 Å². The first-order valence-corrected chi connectivity index (χ1v) is 11.1. The minimum absolute atomic E-state index is 0.247. The second kappa shape index (κ2) is 11.5. The van der Waals surface area contributed by atoms with E-state index in [9.17, 15) is 33.1 Å². The Bertz CT molecular complexity index is 1320. The predicted molar refractivity (Wildman–Crippen MR) is 129 cm³/mol. The van der Waals surface area contributed by atoms with Crippen LogP contribution in [0.3, 0.4) is 0 Å². The molecule has 2 aromatic carbocycles. The second-order valence-electron chi connectivity index (χ2n) is 6.97. The number of esters is 1. The number of thiophene rings is 1. The lowest BCUT2D eigenvalue weighted by Crippen LogP contribution is -2.36. The lowest BCUT2D eigenvalue weighted by molar-refractivity contribution is -0.139. The molecule has 3 rings (SSSR count). The highest BCUT2D eigenvalue weighted by Crippen LogP contribution is 2.27. The molecule has 4 amide bonds. The number of urea groups is 2. The van der Waals surface area contributed by atoms with E-state index in [2.05, 4.69) is 26.0 Å². The summed E-state index contributed by atoms with van der Waals surface area (Å²) in [5.41, 5.74) is -0.174. The number of hydrogen-bond acceptors (Lipinski definition) is 6. The summed E-state index contributed by atoms with van der Waals surface area (Å²) < 4.78 is 32.0. The van der Waals surface area contributed by atoms with Crippen LogP contribution >= 0.6 is 22.9 Å². The summed E-state index contributed by atoms with van der Waals surface area (Å²) in [5.74, 6) is -4.82. The number of carboxylic acid groups (broad SMARTS) is 1. The van der Waals surface area contributed by atoms with Crippen LogP contribution in [0.15, 0.2) is 48.5 Å². The minimum atomic E-state index is -1.31. The first-order valence-electron chi connectivity index (χ1n) is 9.88. The zero-order valence-electron chi connectivity index (χ0n) is 18.2. The number of hydrogen-bond donors (Lipinski definition) is 5. The molecule has 5 N–H and O–H groups in total. The van der Waals surface area contributed by atoms with Crippen molar-refractivity contribution < 1.29 is 37.8 Å². The molecule has 188 valence electrons. The molecule has 3 aromatic rings. The Morgan fingerprint density at radius 1 is 0.917 bits per heavy atom. The first-order chi connectivity index (χ1) is 17.1. The highest BCUT2D eigenvalue weighted by Gasteiger charge is 2.24. The summed E-state index contributed by atoms with van der Waals surface area (Å²) in [5, 5.41) is 18.8. The van der Waals surface area contributed by atoms with Crippen molar-refractivity contribution in [3.63, 3.8) is 0 Å². The summed E-state index contributed by atoms with van der Waals surface area (Å²) in [6.45, 7) is 0. The zero-order valence-corrected chi connectivity index (χ0v) is 19.8. The van der Waals surface area contributed by atoms with E-state index in [4.69, 9.17) is 11.6 Å². The number of ether oxygens (including phenoxy) is 1. The number of amides is 4. The van der Waals surface area contributed by atoms with Crippen LogP contribution < -0.4 is 21.3 Å². The normalized spacial score (nSPS) is 11.2. The van der Waals surface area contributed by atoms with Gasteiger partial charge in [-0.1, -0.05) is 11.6 Å². The summed E-state index contributed by atoms with van der Waals surface area (Å²) in [4.78, 5) is 48.2. The van der Waals surface area contributed by atoms with Crippen LogP contribution in [0.2, 0.25) is 4.34 Å². The van der Waals surface area contributed by atoms with Gasteiger partial charge in [0.05, 0.1) is 22.7 Å². The minimum Gasteiger partial charge on any atom is -0.479 e. The first kappa shape index (κ1) is 26.4. The van der Waals surface area contributed by atoms with Crippen LogP contribution in [0.4, 0.5) is 35.4 Å². The van der Waals surface area contributed by atoms with Crippen molar-refractivity contribution in [1.82, 2.24) is 5.32 Å². The Labute approximate surface area is 211 Å². The van der Waals surface area contributed by atoms with E-state index in [1.54, 1.807) is 0 Å². The molecule has 0 fully saturated rings. The van der Waals surface area contributed by atoms with Gasteiger partial charge in [-0.05, 0) is 42.5 Å². The average Bonchev–Trinajstić information content (AvgIpc) is 3.26. The Morgan fingerprint density at radius 3 is 2.03 bits per heavy atom. The summed E-state index contributed by atoms with van der Waals surface area (Å²) in [6.07, 6.45) is 0. The molecule has 0 aliphatic heterocycles. The maximum Gasteiger partial charge on any atom is 0.340 e. The third-order valence-corrected chi connectivity index (χ3v) is 5.81. The van der Waals surface area contributed by atoms with E-state index in [0.717, 1.165) is 18.4 Å². The average molecular weight is 539 g/mol. The zero-order chi connectivity index (χ0) is 26.4. The Balaban J connectivity index is 1.61. The van der Waals surface area contributed by atoms with Crippen molar-refractivity contribution in [3.8, 4) is 0 Å². The van der Waals surface area contributed by atoms with E-state index in [0.29, 0.717) is 21.3 Å². The Hall–Kier alpha value is -4.23. The SMILES string of the molecule is COC(=O)c1cc(F)c(F)cc1NC(=O)Nc1ccc(NC(=O)NC(C(=O)O)c2ccc(Cl)s2)cc1. The third-order valence-electron chi connectivity index (χ3n) is 4.52. The molecule has 0 aliphatic rings. The molecule has 36 heavy (non-hydrogen) atoms. The number of halogens is 3. The predicted octanol–water partition coefficient (Wildman–Crippen LogP) is 5.06. The van der Waals surface area contributed by atoms with Crippen LogP contribution in [-0.4, -0.2) is 36.2 Å². The van der Waals surface area contributed by atoms with Crippen LogP contribution in [0, 0.1) is 11.6 Å². The van der Waals surface area contributed by atoms with Crippen LogP contribution in [0.25, 0.3) is 0 Å². The van der Waals surface area contributed by atoms with Crippen molar-refractivity contribution >= 4 is 64.0 Å². The quantitative estimate of drug-likeness (QED) is 0.266. The van der Waals surface area contributed by atoms with E-state index >= 15 is 0 Å². The summed E-state index contributed by atoms with van der Waals surface area (Å²) in [6, 6.07) is 6.94. The van der Waals surface area contributed by atoms with Crippen molar-refractivity contribution in [1.29, 1.82) is 0 Å². The smallest absolute Gasteiger partial charge is 0.340 e. The van der Waals surface area contributed by atoms with Crippen molar-refractivity contribution in [2.45, 2.75) is 6.04 Å². The van der Waals surface area contributed by atoms with Gasteiger partial charge in [0.25, 0.3) is 0 Å². The Morgan fingerprint density at radius 2 is 1.50 bits per heavy atom. The van der Waals surface area contributed by atoms with E-state index in [1.807, 2.05) is 0 Å². The van der Waals surface area contributed by atoms with Crippen molar-refractivity contribution in [2.24, 2.45) is 0 Å². The number of anilines is 3. The van der Waals surface area contributed by atoms with Gasteiger partial charge in [0.1, 0.15) is 0 Å². The fourth-order valence-electron chi connectivity index (χ4n) is 2.89. The van der Waals surface area contributed by atoms with E-state index < -0.39 is 41.7 Å². The molecular formula is C22H17ClF2N4O6S. The maximum atomic E-state index is 13.6. The number of carboxylic acids is 1. The van der Waals surface area contributed by atoms with Gasteiger partial charge < -0.3 is 31.1 Å². The maximum absolute atomic E-state index is 13.6. The Kier molecular flexibility index (Phi) is 8.40. The monoisotopic (exact) mass is 538 g/mol. The number of aliphatic carboxylic acids is 1. The number of rotatable bonds is 7. The van der Waals surface area contributed by atoms with Gasteiger partial charge in [0.2, 0.25) is 0 Å². The van der Waals surface area contributed by atoms with Gasteiger partial charge >= 0.3 is 24.0 Å². The molecular weight excluding hydrogens is 522 g/mol. The number of benzene rings is 2. The molecule has 0 radical (unpaired) electrons. The lowest BCUT2D eigenvalue weighted by Gasteiger charge is -2.14. The van der Waals surface area contributed by atoms with E-state index in [1.165, 1.54) is 36.4 Å². The molecule has 1 aromatic heterocycles. The number of carbonyl (C=O) groups excluding carboxylic acids is 3. The molecule has 0 saturated heterocycles. The van der Waals surface area contributed by atoms with Crippen molar-refractivity contribution in [3.05, 3.63) is 74.9 Å². The van der Waals surface area contributed by atoms with Gasteiger partial charge in [0.15, 0.2) is 17.7 Å². The molecule has 0 saturated carbocycles. The molecule has 0 spiro atoms. The highest BCUT2D eigenvalue weighted by atomic mass is 35.5. The van der Waals surface area contributed by atoms with Gasteiger partial charge in [-0.2, -0.15) is 0 Å². The number of nitrogens with one attached hydrogen (secondary N) is 4. The van der Waals surface area contributed by atoms with Crippen LogP contribution in [0.1, 0.15) is 21.3 Å². The summed E-state index contributed by atoms with van der Waals surface area (Å²) >= 11 is 6.84. The highest BCUT2D eigenvalue weighted by molar-refractivity contribution is 7.16. The molecule has 10 nitrogen and oxygen atoms in total. The topological polar surface area (TPSA) is 146 Å². The summed E-state index contributed by atoms with van der Waals surface area (Å²) in [7, 11) is 1.04. The van der Waals surface area contributed by atoms with Gasteiger partial charge in [-0.3, -0.25) is 0 Å². The van der Waals surface area contributed by atoms with Gasteiger partial charge in [0, 0.05) is 22.3 Å². The fourth-order valence-corrected chi connectivity index (χ4v) is 3.99. The second-order valence-corrected chi connectivity index (χ2v) is 8.72. The van der Waals surface area contributed by atoms with Crippen molar-refractivity contribution in [2.75, 3.05) is 23.1 Å². The number of carbonyl (C=O) groups is 4. The van der Waals surface area contributed by atoms with Crippen LogP contribution in [-0.2, 0) is 9.53 Å². The number of methoxy groups -OCH3 is 1.